The molecule has 0 amide bonds. The van der Waals surface area contributed by atoms with E-state index < -0.39 is 5.82 Å². The molecule has 1 unspecified atom stereocenters. The Labute approximate surface area is 193 Å². The quantitative estimate of drug-likeness (QED) is 0.359. The smallest absolute Gasteiger partial charge is 0.191 e. The van der Waals surface area contributed by atoms with E-state index in [2.05, 4.69) is 20.5 Å². The van der Waals surface area contributed by atoms with Gasteiger partial charge < -0.3 is 15.5 Å². The fraction of sp³-hybridized carbons (Fsp3) is 0.364. The van der Waals surface area contributed by atoms with E-state index >= 15 is 0 Å². The number of aliphatic imine (C=N–C) groups is 1. The molecule has 2 aromatic carbocycles. The SMILES string of the molecule is CN=C(NCc1ccc(C#N)cc1F)NC1CCCN(c2cc(C)ccc2F)C1.I. The predicted octanol–water partition coefficient (Wildman–Crippen LogP) is 4.10. The van der Waals surface area contributed by atoms with E-state index in [-0.39, 0.29) is 42.4 Å². The van der Waals surface area contributed by atoms with E-state index in [0.717, 1.165) is 24.9 Å². The number of piperidine rings is 1. The molecule has 1 aliphatic rings. The van der Waals surface area contributed by atoms with Gasteiger partial charge in [0.1, 0.15) is 11.6 Å². The molecule has 0 aliphatic carbocycles. The highest BCUT2D eigenvalue weighted by atomic mass is 127. The molecule has 2 N–H and O–H groups in total. The summed E-state index contributed by atoms with van der Waals surface area (Å²) in [4.78, 5) is 6.27. The fourth-order valence-corrected chi connectivity index (χ4v) is 3.51. The van der Waals surface area contributed by atoms with Gasteiger partial charge in [0.05, 0.1) is 17.3 Å². The molecule has 1 saturated heterocycles. The van der Waals surface area contributed by atoms with Gasteiger partial charge in [-0.2, -0.15) is 5.26 Å². The third-order valence-corrected chi connectivity index (χ3v) is 5.06. The molecule has 1 aliphatic heterocycles. The summed E-state index contributed by atoms with van der Waals surface area (Å²) in [6.45, 7) is 3.67. The molecule has 160 valence electrons. The van der Waals surface area contributed by atoms with Crippen molar-refractivity contribution in [3.63, 3.8) is 0 Å². The molecule has 5 nitrogen and oxygen atoms in total. The van der Waals surface area contributed by atoms with Gasteiger partial charge in [-0.15, -0.1) is 24.0 Å². The average Bonchev–Trinajstić information content (AvgIpc) is 2.73. The summed E-state index contributed by atoms with van der Waals surface area (Å²) in [7, 11) is 1.66. The first-order valence-corrected chi connectivity index (χ1v) is 9.67. The second-order valence-corrected chi connectivity index (χ2v) is 7.23. The molecule has 1 atom stereocenters. The van der Waals surface area contributed by atoms with Gasteiger partial charge in [-0.3, -0.25) is 4.99 Å². The summed E-state index contributed by atoms with van der Waals surface area (Å²) in [5, 5.41) is 15.3. The second-order valence-electron chi connectivity index (χ2n) is 7.23. The molecule has 3 rings (SSSR count). The van der Waals surface area contributed by atoms with Gasteiger partial charge in [0.15, 0.2) is 5.96 Å². The maximum absolute atomic E-state index is 14.3. The molecule has 0 saturated carbocycles. The van der Waals surface area contributed by atoms with Gasteiger partial charge in [-0.1, -0.05) is 12.1 Å². The van der Waals surface area contributed by atoms with E-state index in [9.17, 15) is 8.78 Å². The van der Waals surface area contributed by atoms with Crippen LogP contribution in [0.3, 0.4) is 0 Å². The van der Waals surface area contributed by atoms with Crippen molar-refractivity contribution >= 4 is 35.6 Å². The number of rotatable bonds is 4. The zero-order valence-electron chi connectivity index (χ0n) is 17.1. The van der Waals surface area contributed by atoms with Crippen molar-refractivity contribution in [2.45, 2.75) is 32.4 Å². The topological polar surface area (TPSA) is 63.5 Å². The molecule has 2 aromatic rings. The van der Waals surface area contributed by atoms with Gasteiger partial charge in [0.25, 0.3) is 0 Å². The number of hydrogen-bond acceptors (Lipinski definition) is 3. The van der Waals surface area contributed by atoms with Crippen LogP contribution in [0.2, 0.25) is 0 Å². The van der Waals surface area contributed by atoms with E-state index in [1.54, 1.807) is 25.2 Å². The van der Waals surface area contributed by atoms with Gasteiger partial charge in [0.2, 0.25) is 0 Å². The van der Waals surface area contributed by atoms with Crippen molar-refractivity contribution in [3.05, 3.63) is 64.7 Å². The standard InChI is InChI=1S/C22H25F2N5.HI/c1-15-5-8-19(23)21(10-15)29-9-3-4-18(14-29)28-22(26-2)27-13-17-7-6-16(12-25)11-20(17)24;/h5-8,10-11,18H,3-4,9,13-14H2,1-2H3,(H2,26,27,28);1H. The van der Waals surface area contributed by atoms with Crippen molar-refractivity contribution < 1.29 is 8.78 Å². The first kappa shape index (κ1) is 23.9. The third-order valence-electron chi connectivity index (χ3n) is 5.06. The maximum Gasteiger partial charge on any atom is 0.191 e. The Hall–Kier alpha value is -2.41. The van der Waals surface area contributed by atoms with Gasteiger partial charge >= 0.3 is 0 Å². The molecule has 8 heteroatoms. The van der Waals surface area contributed by atoms with Crippen LogP contribution in [0.5, 0.6) is 0 Å². The minimum atomic E-state index is -0.425. The monoisotopic (exact) mass is 525 g/mol. The van der Waals surface area contributed by atoms with Crippen LogP contribution in [0, 0.1) is 29.9 Å². The van der Waals surface area contributed by atoms with Gasteiger partial charge in [0, 0.05) is 38.3 Å². The van der Waals surface area contributed by atoms with Crippen LogP contribution in [-0.4, -0.2) is 32.1 Å². The zero-order valence-corrected chi connectivity index (χ0v) is 19.4. The third kappa shape index (κ3) is 6.05. The van der Waals surface area contributed by atoms with Crippen LogP contribution in [0.15, 0.2) is 41.4 Å². The van der Waals surface area contributed by atoms with Crippen LogP contribution in [0.25, 0.3) is 0 Å². The number of hydrogen-bond donors (Lipinski definition) is 2. The van der Waals surface area contributed by atoms with Crippen molar-refractivity contribution in [2.24, 2.45) is 4.99 Å². The summed E-state index contributed by atoms with van der Waals surface area (Å²) < 4.78 is 28.3. The highest BCUT2D eigenvalue weighted by Crippen LogP contribution is 2.24. The number of halogens is 3. The average molecular weight is 525 g/mol. The first-order valence-electron chi connectivity index (χ1n) is 9.67. The Morgan fingerprint density at radius 1 is 1.23 bits per heavy atom. The molecule has 0 aromatic heterocycles. The Morgan fingerprint density at radius 3 is 2.73 bits per heavy atom. The molecular weight excluding hydrogens is 499 g/mol. The number of nitrogens with zero attached hydrogens (tertiary/aromatic N) is 3. The highest BCUT2D eigenvalue weighted by molar-refractivity contribution is 14.0. The van der Waals surface area contributed by atoms with E-state index in [1.807, 2.05) is 19.1 Å². The first-order chi connectivity index (χ1) is 14.0. The Balaban J connectivity index is 0.00000320. The predicted molar refractivity (Wildman–Crippen MR) is 126 cm³/mol. The minimum Gasteiger partial charge on any atom is -0.367 e. The molecule has 0 radical (unpaired) electrons. The number of nitriles is 1. The second kappa shape index (κ2) is 11.1. The maximum atomic E-state index is 14.3. The van der Waals surface area contributed by atoms with Crippen LogP contribution >= 0.6 is 24.0 Å². The van der Waals surface area contributed by atoms with Crippen LogP contribution in [0.4, 0.5) is 14.5 Å². The van der Waals surface area contributed by atoms with Crippen LogP contribution in [0.1, 0.15) is 29.5 Å². The zero-order chi connectivity index (χ0) is 20.8. The van der Waals surface area contributed by atoms with Crippen molar-refractivity contribution in [1.82, 2.24) is 10.6 Å². The Bertz CT molecular complexity index is 942. The van der Waals surface area contributed by atoms with E-state index in [0.29, 0.717) is 29.3 Å². The van der Waals surface area contributed by atoms with Crippen LogP contribution < -0.4 is 15.5 Å². The van der Waals surface area contributed by atoms with Crippen LogP contribution in [-0.2, 0) is 6.54 Å². The molecule has 1 fully saturated rings. The lowest BCUT2D eigenvalue weighted by Crippen LogP contribution is -2.51. The molecule has 0 bridgehead atoms. The summed E-state index contributed by atoms with van der Waals surface area (Å²) in [6.07, 6.45) is 1.88. The number of anilines is 1. The van der Waals surface area contributed by atoms with Crippen molar-refractivity contribution in [1.29, 1.82) is 5.26 Å². The molecule has 30 heavy (non-hydrogen) atoms. The largest absolute Gasteiger partial charge is 0.367 e. The van der Waals surface area contributed by atoms with E-state index in [4.69, 9.17) is 5.26 Å². The summed E-state index contributed by atoms with van der Waals surface area (Å²) in [5.74, 6) is -0.0776. The Morgan fingerprint density at radius 2 is 2.03 bits per heavy atom. The highest BCUT2D eigenvalue weighted by Gasteiger charge is 2.23. The Kier molecular flexibility index (Phi) is 8.84. The normalized spacial score (nSPS) is 16.4. The molecule has 0 spiro atoms. The summed E-state index contributed by atoms with van der Waals surface area (Å²) >= 11 is 0. The van der Waals surface area contributed by atoms with Crippen molar-refractivity contribution in [3.8, 4) is 6.07 Å². The summed E-state index contributed by atoms with van der Waals surface area (Å²) in [6, 6.07) is 11.6. The lowest BCUT2D eigenvalue weighted by Gasteiger charge is -2.35. The number of guanidine groups is 1. The van der Waals surface area contributed by atoms with Crippen molar-refractivity contribution in [2.75, 3.05) is 25.0 Å². The fourth-order valence-electron chi connectivity index (χ4n) is 3.51. The number of benzene rings is 2. The van der Waals surface area contributed by atoms with Gasteiger partial charge in [-0.05, 0) is 49.6 Å². The number of nitrogens with one attached hydrogen (secondary N) is 2. The molecule has 1 heterocycles. The van der Waals surface area contributed by atoms with E-state index in [1.165, 1.54) is 12.1 Å². The lowest BCUT2D eigenvalue weighted by atomic mass is 10.0. The molecular formula is C22H26F2IN5. The summed E-state index contributed by atoms with van der Waals surface area (Å²) in [5.41, 5.74) is 2.40. The minimum absolute atomic E-state index is 0. The van der Waals surface area contributed by atoms with Gasteiger partial charge in [-0.25, -0.2) is 8.78 Å². The number of aryl methyl sites for hydroxylation is 1. The lowest BCUT2D eigenvalue weighted by molar-refractivity contribution is 0.462.